The van der Waals surface area contributed by atoms with E-state index >= 15 is 0 Å². The number of fused-ring (bicyclic) bond motifs is 1. The van der Waals surface area contributed by atoms with E-state index in [9.17, 15) is 9.46 Å². The molecule has 0 spiro atoms. The van der Waals surface area contributed by atoms with Crippen LogP contribution in [0.15, 0.2) is 84.9 Å². The molecular formula is C26H28NO3P. The first-order chi connectivity index (χ1) is 15.1. The average Bonchev–Trinajstić information content (AvgIpc) is 3.31. The predicted octanol–water partition coefficient (Wildman–Crippen LogP) is 5.87. The number of benzene rings is 3. The van der Waals surface area contributed by atoms with Gasteiger partial charge in [-0.15, -0.1) is 0 Å². The molecule has 0 bridgehead atoms. The van der Waals surface area contributed by atoms with E-state index in [0.717, 1.165) is 47.9 Å². The number of rotatable bonds is 5. The van der Waals surface area contributed by atoms with E-state index in [-0.39, 0.29) is 5.92 Å². The number of hydroxylamine groups is 2. The molecule has 31 heavy (non-hydrogen) atoms. The summed E-state index contributed by atoms with van der Waals surface area (Å²) in [5.74, 6) is -0.176. The van der Waals surface area contributed by atoms with Crippen LogP contribution >= 0.6 is 7.60 Å². The van der Waals surface area contributed by atoms with Crippen LogP contribution in [0.5, 0.6) is 0 Å². The molecule has 1 aliphatic carbocycles. The zero-order chi connectivity index (χ0) is 21.3. The van der Waals surface area contributed by atoms with Crippen molar-refractivity contribution in [3.8, 4) is 0 Å². The highest BCUT2D eigenvalue weighted by atomic mass is 31.2. The fourth-order valence-electron chi connectivity index (χ4n) is 5.45. The fourth-order valence-corrected chi connectivity index (χ4v) is 7.73. The molecule has 1 saturated heterocycles. The molecule has 0 radical (unpaired) electrons. The van der Waals surface area contributed by atoms with E-state index in [0.29, 0.717) is 13.1 Å². The Morgan fingerprint density at radius 3 is 2.19 bits per heavy atom. The highest BCUT2D eigenvalue weighted by Crippen LogP contribution is 2.72. The molecule has 3 unspecified atom stereocenters. The van der Waals surface area contributed by atoms with Gasteiger partial charge in [-0.3, -0.25) is 4.57 Å². The Bertz CT molecular complexity index is 1080. The van der Waals surface area contributed by atoms with Gasteiger partial charge in [-0.2, -0.15) is 5.06 Å². The van der Waals surface area contributed by atoms with Gasteiger partial charge in [0.25, 0.3) is 0 Å². The third kappa shape index (κ3) is 3.48. The first-order valence-corrected chi connectivity index (χ1v) is 12.7. The minimum Gasteiger partial charge on any atom is -0.322 e. The summed E-state index contributed by atoms with van der Waals surface area (Å²) >= 11 is 0. The van der Waals surface area contributed by atoms with Crippen molar-refractivity contribution < 1.29 is 14.1 Å². The number of hydrogen-bond acceptors (Lipinski definition) is 3. The lowest BCUT2D eigenvalue weighted by Gasteiger charge is -2.48. The molecule has 160 valence electrons. The van der Waals surface area contributed by atoms with Crippen molar-refractivity contribution in [3.05, 3.63) is 107 Å². The standard InChI is InChI=1S/C26H28NO3P/c28-31(29,30-27-19-9-10-20-27)26(23-14-5-2-6-15-23)24-16-8-7-13-22(24)17-18-25(26)21-11-3-1-4-12-21/h1-8,11-16,25H,9-10,17-20H2,(H,28,29). The van der Waals surface area contributed by atoms with Gasteiger partial charge in [0, 0.05) is 19.0 Å². The van der Waals surface area contributed by atoms with Gasteiger partial charge in [0.1, 0.15) is 5.16 Å². The lowest BCUT2D eigenvalue weighted by atomic mass is 9.68. The molecular weight excluding hydrogens is 405 g/mol. The molecule has 3 aromatic rings. The first kappa shape index (κ1) is 20.7. The van der Waals surface area contributed by atoms with Crippen LogP contribution in [0.25, 0.3) is 0 Å². The van der Waals surface area contributed by atoms with Gasteiger partial charge < -0.3 is 4.89 Å². The van der Waals surface area contributed by atoms with Crippen LogP contribution in [-0.4, -0.2) is 23.0 Å². The van der Waals surface area contributed by atoms with E-state index in [2.05, 4.69) is 18.2 Å². The van der Waals surface area contributed by atoms with Crippen LogP contribution < -0.4 is 0 Å². The Labute approximate surface area is 184 Å². The van der Waals surface area contributed by atoms with Crippen molar-refractivity contribution >= 4 is 7.60 Å². The SMILES string of the molecule is O=P(O)(ON1CCCC1)C1(c2ccccc2)c2ccccc2CCC1c1ccccc1. The molecule has 3 atom stereocenters. The second-order valence-electron chi connectivity index (χ2n) is 8.53. The quantitative estimate of drug-likeness (QED) is 0.511. The molecule has 1 fully saturated rings. The van der Waals surface area contributed by atoms with Gasteiger partial charge in [-0.25, -0.2) is 4.62 Å². The summed E-state index contributed by atoms with van der Waals surface area (Å²) in [5.41, 5.74) is 3.94. The Hall–Kier alpha value is -2.23. The second-order valence-corrected chi connectivity index (χ2v) is 10.4. The molecule has 5 rings (SSSR count). The summed E-state index contributed by atoms with van der Waals surface area (Å²) in [6.07, 6.45) is 3.62. The van der Waals surface area contributed by atoms with E-state index in [4.69, 9.17) is 4.62 Å². The van der Waals surface area contributed by atoms with Crippen LogP contribution in [0, 0.1) is 0 Å². The van der Waals surface area contributed by atoms with E-state index < -0.39 is 12.8 Å². The highest BCUT2D eigenvalue weighted by molar-refractivity contribution is 7.54. The van der Waals surface area contributed by atoms with Crippen LogP contribution in [-0.2, 0) is 20.8 Å². The summed E-state index contributed by atoms with van der Waals surface area (Å²) in [7, 11) is -4.20. The number of aryl methyl sites for hydroxylation is 1. The van der Waals surface area contributed by atoms with Crippen LogP contribution in [0.4, 0.5) is 0 Å². The third-order valence-corrected chi connectivity index (χ3v) is 8.94. The fraction of sp³-hybridized carbons (Fsp3) is 0.308. The Morgan fingerprint density at radius 1 is 0.871 bits per heavy atom. The lowest BCUT2D eigenvalue weighted by Crippen LogP contribution is -2.41. The van der Waals surface area contributed by atoms with Gasteiger partial charge >= 0.3 is 7.60 Å². The van der Waals surface area contributed by atoms with E-state index in [1.165, 1.54) is 0 Å². The normalized spacial score (nSPS) is 25.6. The van der Waals surface area contributed by atoms with Gasteiger partial charge in [0.05, 0.1) is 0 Å². The van der Waals surface area contributed by atoms with Gasteiger partial charge in [-0.1, -0.05) is 84.9 Å². The summed E-state index contributed by atoms with van der Waals surface area (Å²) in [6.45, 7) is 1.38. The first-order valence-electron chi connectivity index (χ1n) is 11.1. The van der Waals surface area contributed by atoms with Gasteiger partial charge in [0.15, 0.2) is 0 Å². The largest absolute Gasteiger partial charge is 0.360 e. The minimum atomic E-state index is -4.20. The summed E-state index contributed by atoms with van der Waals surface area (Å²) in [5, 5.41) is 0.526. The van der Waals surface area contributed by atoms with Crippen LogP contribution in [0.3, 0.4) is 0 Å². The monoisotopic (exact) mass is 433 g/mol. The van der Waals surface area contributed by atoms with Crippen molar-refractivity contribution in [2.75, 3.05) is 13.1 Å². The molecule has 5 heteroatoms. The molecule has 0 aromatic heterocycles. The molecule has 3 aromatic carbocycles. The number of hydrogen-bond donors (Lipinski definition) is 1. The van der Waals surface area contributed by atoms with Gasteiger partial charge in [-0.05, 0) is 47.9 Å². The molecule has 1 aliphatic heterocycles. The molecule has 2 aliphatic rings. The molecule has 0 amide bonds. The van der Waals surface area contributed by atoms with E-state index in [1.807, 2.05) is 66.7 Å². The maximum absolute atomic E-state index is 14.5. The maximum atomic E-state index is 14.5. The summed E-state index contributed by atoms with van der Waals surface area (Å²) in [4.78, 5) is 11.9. The molecule has 1 heterocycles. The third-order valence-electron chi connectivity index (χ3n) is 6.79. The Morgan fingerprint density at radius 2 is 1.48 bits per heavy atom. The Balaban J connectivity index is 1.79. The predicted molar refractivity (Wildman–Crippen MR) is 123 cm³/mol. The minimum absolute atomic E-state index is 0.176. The van der Waals surface area contributed by atoms with Gasteiger partial charge in [0.2, 0.25) is 0 Å². The zero-order valence-electron chi connectivity index (χ0n) is 17.6. The van der Waals surface area contributed by atoms with Crippen molar-refractivity contribution in [1.82, 2.24) is 5.06 Å². The number of nitrogens with zero attached hydrogens (tertiary/aromatic N) is 1. The average molecular weight is 433 g/mol. The maximum Gasteiger partial charge on any atom is 0.360 e. The smallest absolute Gasteiger partial charge is 0.322 e. The van der Waals surface area contributed by atoms with Crippen molar-refractivity contribution in [3.63, 3.8) is 0 Å². The van der Waals surface area contributed by atoms with Crippen molar-refractivity contribution in [1.29, 1.82) is 0 Å². The second kappa shape index (κ2) is 8.37. The van der Waals surface area contributed by atoms with Crippen LogP contribution in [0.2, 0.25) is 0 Å². The van der Waals surface area contributed by atoms with Crippen molar-refractivity contribution in [2.24, 2.45) is 0 Å². The Kier molecular flexibility index (Phi) is 5.58. The molecule has 0 saturated carbocycles. The summed E-state index contributed by atoms with van der Waals surface area (Å²) < 4.78 is 20.5. The zero-order valence-corrected chi connectivity index (χ0v) is 18.5. The van der Waals surface area contributed by atoms with E-state index in [1.54, 1.807) is 5.06 Å². The summed E-state index contributed by atoms with van der Waals surface area (Å²) in [6, 6.07) is 28.1. The molecule has 4 nitrogen and oxygen atoms in total. The lowest BCUT2D eigenvalue weighted by molar-refractivity contribution is -0.0500. The van der Waals surface area contributed by atoms with Crippen molar-refractivity contribution in [2.45, 2.75) is 36.8 Å². The highest BCUT2D eigenvalue weighted by Gasteiger charge is 2.60. The molecule has 1 N–H and O–H groups in total. The van der Waals surface area contributed by atoms with Crippen LogP contribution in [0.1, 0.15) is 47.4 Å². The topological polar surface area (TPSA) is 49.8 Å².